The SMILES string of the molecule is CCOCCCNC(=S)Nc1ccn(Cc2ccccc2C)n1. The van der Waals surface area contributed by atoms with Crippen LogP contribution in [0.2, 0.25) is 0 Å². The van der Waals surface area contributed by atoms with E-state index in [0.29, 0.717) is 5.11 Å². The van der Waals surface area contributed by atoms with E-state index in [4.69, 9.17) is 17.0 Å². The number of hydrogen-bond donors (Lipinski definition) is 2. The monoisotopic (exact) mass is 332 g/mol. The minimum absolute atomic E-state index is 0.586. The van der Waals surface area contributed by atoms with Crippen LogP contribution < -0.4 is 10.6 Å². The van der Waals surface area contributed by atoms with Crippen molar-refractivity contribution in [3.8, 4) is 0 Å². The van der Waals surface area contributed by atoms with Gasteiger partial charge in [0, 0.05) is 32.0 Å². The summed E-state index contributed by atoms with van der Waals surface area (Å²) in [6.07, 6.45) is 2.88. The molecular weight excluding hydrogens is 308 g/mol. The van der Waals surface area contributed by atoms with E-state index in [-0.39, 0.29) is 0 Å². The Bertz CT molecular complexity index is 627. The smallest absolute Gasteiger partial charge is 0.171 e. The first kappa shape index (κ1) is 17.4. The second kappa shape index (κ2) is 9.27. The van der Waals surface area contributed by atoms with Gasteiger partial charge >= 0.3 is 0 Å². The molecule has 0 fully saturated rings. The number of ether oxygens (including phenoxy) is 1. The molecule has 0 aliphatic carbocycles. The van der Waals surface area contributed by atoms with Crippen molar-refractivity contribution in [2.24, 2.45) is 0 Å². The van der Waals surface area contributed by atoms with Crippen LogP contribution >= 0.6 is 12.2 Å². The summed E-state index contributed by atoms with van der Waals surface area (Å²) in [5.74, 6) is 0.751. The Kier molecular flexibility index (Phi) is 7.03. The summed E-state index contributed by atoms with van der Waals surface area (Å²) in [5.41, 5.74) is 2.53. The molecule has 0 saturated carbocycles. The molecule has 2 N–H and O–H groups in total. The van der Waals surface area contributed by atoms with Gasteiger partial charge in [0.05, 0.1) is 6.54 Å². The number of anilines is 1. The standard InChI is InChI=1S/C17H24N4OS/c1-3-22-12-6-10-18-17(23)19-16-9-11-21(20-16)13-15-8-5-4-7-14(15)2/h4-5,7-9,11H,3,6,10,12-13H2,1-2H3,(H2,18,19,20,23). The molecule has 0 saturated heterocycles. The average molecular weight is 332 g/mol. The van der Waals surface area contributed by atoms with Gasteiger partial charge in [0.1, 0.15) is 0 Å². The zero-order chi connectivity index (χ0) is 16.5. The summed E-state index contributed by atoms with van der Waals surface area (Å²) >= 11 is 5.26. The van der Waals surface area contributed by atoms with Crippen molar-refractivity contribution in [2.75, 3.05) is 25.1 Å². The van der Waals surface area contributed by atoms with Crippen molar-refractivity contribution < 1.29 is 4.74 Å². The van der Waals surface area contributed by atoms with Gasteiger partial charge in [0.2, 0.25) is 0 Å². The van der Waals surface area contributed by atoms with E-state index in [2.05, 4.69) is 34.8 Å². The molecule has 5 nitrogen and oxygen atoms in total. The molecular formula is C17H24N4OS. The summed E-state index contributed by atoms with van der Waals surface area (Å²) in [7, 11) is 0. The zero-order valence-electron chi connectivity index (χ0n) is 13.7. The van der Waals surface area contributed by atoms with Crippen LogP contribution in [-0.4, -0.2) is 34.7 Å². The lowest BCUT2D eigenvalue weighted by Crippen LogP contribution is -2.30. The lowest BCUT2D eigenvalue weighted by Gasteiger charge is -2.08. The highest BCUT2D eigenvalue weighted by Gasteiger charge is 2.03. The third-order valence-corrected chi connectivity index (χ3v) is 3.68. The molecule has 2 rings (SSSR count). The second-order valence-corrected chi connectivity index (χ2v) is 5.66. The highest BCUT2D eigenvalue weighted by molar-refractivity contribution is 7.80. The number of aromatic nitrogens is 2. The van der Waals surface area contributed by atoms with Crippen LogP contribution in [0.25, 0.3) is 0 Å². The molecule has 0 aliphatic heterocycles. The van der Waals surface area contributed by atoms with Gasteiger partial charge in [0.15, 0.2) is 10.9 Å². The first-order valence-electron chi connectivity index (χ1n) is 7.89. The molecule has 2 aromatic rings. The number of aryl methyl sites for hydroxylation is 1. The van der Waals surface area contributed by atoms with Gasteiger partial charge in [-0.15, -0.1) is 0 Å². The predicted molar refractivity (Wildman–Crippen MR) is 97.8 cm³/mol. The van der Waals surface area contributed by atoms with E-state index in [1.807, 2.05) is 36.0 Å². The minimum Gasteiger partial charge on any atom is -0.382 e. The van der Waals surface area contributed by atoms with Gasteiger partial charge in [0.25, 0.3) is 0 Å². The Hall–Kier alpha value is -1.92. The van der Waals surface area contributed by atoms with Crippen LogP contribution in [0.3, 0.4) is 0 Å². The molecule has 124 valence electrons. The Morgan fingerprint density at radius 3 is 2.91 bits per heavy atom. The summed E-state index contributed by atoms with van der Waals surface area (Å²) in [6, 6.07) is 10.2. The van der Waals surface area contributed by atoms with Gasteiger partial charge in [-0.3, -0.25) is 4.68 Å². The Morgan fingerprint density at radius 1 is 1.30 bits per heavy atom. The highest BCUT2D eigenvalue weighted by Crippen LogP contribution is 2.10. The van der Waals surface area contributed by atoms with Crippen LogP contribution in [0.4, 0.5) is 5.82 Å². The predicted octanol–water partition coefficient (Wildman–Crippen LogP) is 2.95. The third-order valence-electron chi connectivity index (χ3n) is 3.43. The summed E-state index contributed by atoms with van der Waals surface area (Å²) in [5, 5.41) is 11.3. The quantitative estimate of drug-likeness (QED) is 0.575. The number of nitrogens with one attached hydrogen (secondary N) is 2. The number of hydrogen-bond acceptors (Lipinski definition) is 3. The molecule has 0 atom stereocenters. The molecule has 0 aliphatic rings. The van der Waals surface area contributed by atoms with Crippen molar-refractivity contribution >= 4 is 23.1 Å². The Labute approximate surface area is 143 Å². The van der Waals surface area contributed by atoms with E-state index >= 15 is 0 Å². The fourth-order valence-corrected chi connectivity index (χ4v) is 2.37. The van der Waals surface area contributed by atoms with Gasteiger partial charge in [-0.25, -0.2) is 0 Å². The van der Waals surface area contributed by atoms with Crippen molar-refractivity contribution in [3.05, 3.63) is 47.7 Å². The molecule has 1 heterocycles. The highest BCUT2D eigenvalue weighted by atomic mass is 32.1. The maximum atomic E-state index is 5.28. The molecule has 23 heavy (non-hydrogen) atoms. The van der Waals surface area contributed by atoms with E-state index in [9.17, 15) is 0 Å². The maximum absolute atomic E-state index is 5.28. The maximum Gasteiger partial charge on any atom is 0.171 e. The molecule has 0 unspecified atom stereocenters. The number of thiocarbonyl (C=S) groups is 1. The molecule has 0 spiro atoms. The summed E-state index contributed by atoms with van der Waals surface area (Å²) < 4.78 is 7.19. The van der Waals surface area contributed by atoms with Crippen LogP contribution in [0.15, 0.2) is 36.5 Å². The van der Waals surface area contributed by atoms with Gasteiger partial charge in [-0.1, -0.05) is 24.3 Å². The molecule has 0 amide bonds. The van der Waals surface area contributed by atoms with Crippen LogP contribution in [0.5, 0.6) is 0 Å². The molecule has 1 aromatic heterocycles. The molecule has 6 heteroatoms. The topological polar surface area (TPSA) is 51.1 Å². The second-order valence-electron chi connectivity index (χ2n) is 5.26. The Balaban J connectivity index is 1.78. The molecule has 1 aromatic carbocycles. The first-order chi connectivity index (χ1) is 11.2. The first-order valence-corrected chi connectivity index (χ1v) is 8.30. The van der Waals surface area contributed by atoms with Crippen LogP contribution in [-0.2, 0) is 11.3 Å². The van der Waals surface area contributed by atoms with Crippen molar-refractivity contribution in [3.63, 3.8) is 0 Å². The van der Waals surface area contributed by atoms with E-state index in [1.54, 1.807) is 0 Å². The van der Waals surface area contributed by atoms with Gasteiger partial charge < -0.3 is 15.4 Å². The number of rotatable bonds is 8. The van der Waals surface area contributed by atoms with Crippen molar-refractivity contribution in [1.82, 2.24) is 15.1 Å². The van der Waals surface area contributed by atoms with E-state index in [1.165, 1.54) is 11.1 Å². The van der Waals surface area contributed by atoms with E-state index in [0.717, 1.165) is 38.5 Å². The molecule has 0 bridgehead atoms. The van der Waals surface area contributed by atoms with E-state index < -0.39 is 0 Å². The lowest BCUT2D eigenvalue weighted by molar-refractivity contribution is 0.146. The Morgan fingerprint density at radius 2 is 2.13 bits per heavy atom. The number of benzene rings is 1. The van der Waals surface area contributed by atoms with Crippen LogP contribution in [0, 0.1) is 6.92 Å². The lowest BCUT2D eigenvalue weighted by atomic mass is 10.1. The zero-order valence-corrected chi connectivity index (χ0v) is 14.5. The summed E-state index contributed by atoms with van der Waals surface area (Å²) in [4.78, 5) is 0. The minimum atomic E-state index is 0.586. The molecule has 0 radical (unpaired) electrons. The van der Waals surface area contributed by atoms with Crippen molar-refractivity contribution in [2.45, 2.75) is 26.8 Å². The fraction of sp³-hybridized carbons (Fsp3) is 0.412. The van der Waals surface area contributed by atoms with Gasteiger partial charge in [-0.2, -0.15) is 5.10 Å². The fourth-order valence-electron chi connectivity index (χ4n) is 2.16. The normalized spacial score (nSPS) is 10.5. The average Bonchev–Trinajstić information content (AvgIpc) is 2.96. The van der Waals surface area contributed by atoms with Gasteiger partial charge in [-0.05, 0) is 43.6 Å². The van der Waals surface area contributed by atoms with Crippen molar-refractivity contribution in [1.29, 1.82) is 0 Å². The largest absolute Gasteiger partial charge is 0.382 e. The van der Waals surface area contributed by atoms with Crippen LogP contribution in [0.1, 0.15) is 24.5 Å². The number of nitrogens with zero attached hydrogens (tertiary/aromatic N) is 2. The third kappa shape index (κ3) is 6.00. The summed E-state index contributed by atoms with van der Waals surface area (Å²) in [6.45, 7) is 7.14.